The molecule has 0 radical (unpaired) electrons. The van der Waals surface area contributed by atoms with E-state index >= 15 is 0 Å². The number of esters is 1. The fourth-order valence-electron chi connectivity index (χ4n) is 3.80. The van der Waals surface area contributed by atoms with Crippen molar-refractivity contribution in [2.24, 2.45) is 0 Å². The summed E-state index contributed by atoms with van der Waals surface area (Å²) in [5, 5.41) is 3.56. The van der Waals surface area contributed by atoms with E-state index in [1.807, 2.05) is 13.0 Å². The van der Waals surface area contributed by atoms with E-state index in [0.717, 1.165) is 38.8 Å². The Morgan fingerprint density at radius 1 is 0.800 bits per heavy atom. The highest BCUT2D eigenvalue weighted by molar-refractivity contribution is 5.69. The molecule has 0 fully saturated rings. The molecule has 30 heavy (non-hydrogen) atoms. The lowest BCUT2D eigenvalue weighted by Crippen LogP contribution is -2.16. The second kappa shape index (κ2) is 24.4. The largest absolute Gasteiger partial charge is 0.463 e. The molecule has 0 rings (SSSR count). The Kier molecular flexibility index (Phi) is 23.8. The monoisotopic (exact) mass is 423 g/mol. The van der Waals surface area contributed by atoms with E-state index in [-0.39, 0.29) is 12.1 Å². The van der Waals surface area contributed by atoms with Gasteiger partial charge in [-0.3, -0.25) is 4.79 Å². The molecule has 0 amide bonds. The highest BCUT2D eigenvalue weighted by atomic mass is 16.5. The molecule has 1 atom stereocenters. The van der Waals surface area contributed by atoms with Crippen LogP contribution in [0.3, 0.4) is 0 Å². The Bertz CT molecular complexity index is 370. The van der Waals surface area contributed by atoms with E-state index < -0.39 is 0 Å². The fraction of sp³-hybridized carbons (Fsp3) is 0.889. The number of rotatable bonds is 24. The van der Waals surface area contributed by atoms with Crippen LogP contribution in [0.4, 0.5) is 0 Å². The minimum atomic E-state index is -0.000332. The molecule has 0 aliphatic carbocycles. The Balaban J connectivity index is 3.26. The van der Waals surface area contributed by atoms with Crippen LogP contribution in [0.5, 0.6) is 0 Å². The van der Waals surface area contributed by atoms with Gasteiger partial charge in [0.05, 0.1) is 6.10 Å². The average molecular weight is 424 g/mol. The first-order valence-electron chi connectivity index (χ1n) is 13.2. The summed E-state index contributed by atoms with van der Waals surface area (Å²) >= 11 is 0. The van der Waals surface area contributed by atoms with Crippen LogP contribution in [0, 0.1) is 0 Å². The number of carbonyl (C=O) groups is 1. The van der Waals surface area contributed by atoms with Gasteiger partial charge in [-0.1, -0.05) is 83.6 Å². The van der Waals surface area contributed by atoms with Gasteiger partial charge in [-0.15, -0.1) is 6.58 Å². The van der Waals surface area contributed by atoms with Crippen molar-refractivity contribution < 1.29 is 9.53 Å². The van der Waals surface area contributed by atoms with E-state index in [2.05, 4.69) is 18.8 Å². The third kappa shape index (κ3) is 23.4. The predicted octanol–water partition coefficient (Wildman–Crippen LogP) is 8.13. The third-order valence-corrected chi connectivity index (χ3v) is 5.79. The first kappa shape index (κ1) is 29.2. The zero-order chi connectivity index (χ0) is 22.1. The van der Waals surface area contributed by atoms with Crippen molar-refractivity contribution in [2.75, 3.05) is 13.1 Å². The third-order valence-electron chi connectivity index (χ3n) is 5.79. The van der Waals surface area contributed by atoms with Crippen LogP contribution in [0.25, 0.3) is 0 Å². The van der Waals surface area contributed by atoms with E-state index in [1.165, 1.54) is 89.9 Å². The van der Waals surface area contributed by atoms with E-state index in [9.17, 15) is 4.79 Å². The Morgan fingerprint density at radius 2 is 1.33 bits per heavy atom. The minimum Gasteiger partial charge on any atom is -0.463 e. The van der Waals surface area contributed by atoms with Gasteiger partial charge in [0, 0.05) is 6.42 Å². The number of ether oxygens (including phenoxy) is 1. The molecular formula is C27H53NO2. The molecule has 1 unspecified atom stereocenters. The fourth-order valence-corrected chi connectivity index (χ4v) is 3.80. The summed E-state index contributed by atoms with van der Waals surface area (Å²) in [6.45, 7) is 10.3. The SMILES string of the molecule is C=CCCCCCCCNCCCCCCCC(=O)OC(C)CCCCCCCC. The normalized spacial score (nSPS) is 12.1. The van der Waals surface area contributed by atoms with Crippen molar-refractivity contribution in [2.45, 2.75) is 142 Å². The van der Waals surface area contributed by atoms with Crippen molar-refractivity contribution in [3.8, 4) is 0 Å². The average Bonchev–Trinajstić information content (AvgIpc) is 2.73. The van der Waals surface area contributed by atoms with Gasteiger partial charge in [-0.2, -0.15) is 0 Å². The summed E-state index contributed by atoms with van der Waals surface area (Å²) in [6, 6.07) is 0. The summed E-state index contributed by atoms with van der Waals surface area (Å²) < 4.78 is 5.54. The van der Waals surface area contributed by atoms with Gasteiger partial charge in [0.1, 0.15) is 0 Å². The molecule has 1 N–H and O–H groups in total. The Morgan fingerprint density at radius 3 is 1.97 bits per heavy atom. The van der Waals surface area contributed by atoms with Crippen LogP contribution in [0.1, 0.15) is 136 Å². The number of unbranched alkanes of at least 4 members (excludes halogenated alkanes) is 14. The van der Waals surface area contributed by atoms with Crippen molar-refractivity contribution in [3.05, 3.63) is 12.7 Å². The molecule has 0 spiro atoms. The van der Waals surface area contributed by atoms with E-state index in [0.29, 0.717) is 6.42 Å². The summed E-state index contributed by atoms with van der Waals surface area (Å²) in [5.41, 5.74) is 0. The van der Waals surface area contributed by atoms with Gasteiger partial charge < -0.3 is 10.1 Å². The number of nitrogens with one attached hydrogen (secondary N) is 1. The number of allylic oxidation sites excluding steroid dienone is 1. The second-order valence-corrected chi connectivity index (χ2v) is 8.97. The van der Waals surface area contributed by atoms with Gasteiger partial charge in [-0.25, -0.2) is 0 Å². The van der Waals surface area contributed by atoms with Crippen molar-refractivity contribution in [1.82, 2.24) is 5.32 Å². The van der Waals surface area contributed by atoms with Crippen LogP contribution in [0.2, 0.25) is 0 Å². The standard InChI is InChI=1S/C27H53NO2/c1-4-6-8-10-12-16-20-24-28-25-21-17-13-15-19-23-27(29)30-26(3)22-18-14-11-9-7-5-2/h4,26,28H,1,5-25H2,2-3H3. The van der Waals surface area contributed by atoms with E-state index in [4.69, 9.17) is 4.74 Å². The van der Waals surface area contributed by atoms with Gasteiger partial charge in [0.25, 0.3) is 0 Å². The lowest BCUT2D eigenvalue weighted by Gasteiger charge is -2.13. The summed E-state index contributed by atoms with van der Waals surface area (Å²) in [4.78, 5) is 11.9. The zero-order valence-corrected chi connectivity index (χ0v) is 20.5. The Labute approximate surface area is 188 Å². The summed E-state index contributed by atoms with van der Waals surface area (Å²) in [6.07, 6.45) is 25.1. The molecule has 3 heteroatoms. The molecule has 0 aromatic rings. The number of hydrogen-bond acceptors (Lipinski definition) is 3. The lowest BCUT2D eigenvalue weighted by molar-refractivity contribution is -0.148. The van der Waals surface area contributed by atoms with Gasteiger partial charge >= 0.3 is 5.97 Å². The maximum absolute atomic E-state index is 11.9. The van der Waals surface area contributed by atoms with Gasteiger partial charge in [-0.05, 0) is 65.0 Å². The van der Waals surface area contributed by atoms with Crippen molar-refractivity contribution in [3.63, 3.8) is 0 Å². The van der Waals surface area contributed by atoms with E-state index in [1.54, 1.807) is 0 Å². The second-order valence-electron chi connectivity index (χ2n) is 8.97. The number of carbonyl (C=O) groups excluding carboxylic acids is 1. The van der Waals surface area contributed by atoms with Gasteiger partial charge in [0.15, 0.2) is 0 Å². The highest BCUT2D eigenvalue weighted by Gasteiger charge is 2.09. The first-order chi connectivity index (χ1) is 14.7. The highest BCUT2D eigenvalue weighted by Crippen LogP contribution is 2.12. The topological polar surface area (TPSA) is 38.3 Å². The molecule has 0 heterocycles. The van der Waals surface area contributed by atoms with Crippen molar-refractivity contribution >= 4 is 5.97 Å². The molecule has 0 bridgehead atoms. The quantitative estimate of drug-likeness (QED) is 0.0967. The van der Waals surface area contributed by atoms with Gasteiger partial charge in [0.2, 0.25) is 0 Å². The van der Waals surface area contributed by atoms with Crippen LogP contribution in [-0.2, 0) is 9.53 Å². The smallest absolute Gasteiger partial charge is 0.306 e. The molecule has 0 aromatic heterocycles. The zero-order valence-electron chi connectivity index (χ0n) is 20.5. The molecule has 0 saturated carbocycles. The molecule has 0 aliphatic heterocycles. The van der Waals surface area contributed by atoms with Crippen LogP contribution in [-0.4, -0.2) is 25.2 Å². The first-order valence-corrected chi connectivity index (χ1v) is 13.2. The summed E-state index contributed by atoms with van der Waals surface area (Å²) in [7, 11) is 0. The minimum absolute atomic E-state index is 0.000332. The van der Waals surface area contributed by atoms with Crippen LogP contribution in [0.15, 0.2) is 12.7 Å². The molecule has 0 aliphatic rings. The summed E-state index contributed by atoms with van der Waals surface area (Å²) in [5.74, 6) is -0.000332. The predicted molar refractivity (Wildman–Crippen MR) is 132 cm³/mol. The molecule has 178 valence electrons. The Hall–Kier alpha value is -0.830. The van der Waals surface area contributed by atoms with Crippen molar-refractivity contribution in [1.29, 1.82) is 0 Å². The molecule has 0 saturated heterocycles. The van der Waals surface area contributed by atoms with Crippen LogP contribution < -0.4 is 5.32 Å². The maximum atomic E-state index is 11.9. The van der Waals surface area contributed by atoms with Crippen LogP contribution >= 0.6 is 0 Å². The number of hydrogen-bond donors (Lipinski definition) is 1. The molecular weight excluding hydrogens is 370 g/mol. The molecule has 3 nitrogen and oxygen atoms in total. The molecule has 0 aromatic carbocycles. The lowest BCUT2D eigenvalue weighted by atomic mass is 10.1. The maximum Gasteiger partial charge on any atom is 0.306 e.